The van der Waals surface area contributed by atoms with Gasteiger partial charge >= 0.3 is 12.0 Å². The number of aromatic carboxylic acids is 1. The number of carboxylic acids is 1. The Morgan fingerprint density at radius 1 is 1.33 bits per heavy atom. The zero-order valence-corrected chi connectivity index (χ0v) is 11.4. The topological polar surface area (TPSA) is 109 Å². The molecule has 0 aliphatic rings. The van der Waals surface area contributed by atoms with Gasteiger partial charge in [0.15, 0.2) is 5.82 Å². The fourth-order valence-corrected chi connectivity index (χ4v) is 1.78. The molecule has 2 amide bonds. The number of carbonyl (C=O) groups is 2. The molecule has 3 N–H and O–H groups in total. The molecule has 0 saturated heterocycles. The maximum Gasteiger partial charge on any atom is 0.337 e. The number of hydrogen-bond acceptors (Lipinski definition) is 4. The Hall–Kier alpha value is -2.90. The number of benzene rings is 1. The number of aromatic nitrogens is 3. The Labute approximate surface area is 120 Å². The first-order valence-electron chi connectivity index (χ1n) is 6.35. The van der Waals surface area contributed by atoms with E-state index in [0.717, 1.165) is 0 Å². The second-order valence-electron chi connectivity index (χ2n) is 4.19. The minimum Gasteiger partial charge on any atom is -0.478 e. The van der Waals surface area contributed by atoms with Gasteiger partial charge in [0, 0.05) is 6.54 Å². The van der Waals surface area contributed by atoms with Crippen molar-refractivity contribution in [1.82, 2.24) is 20.1 Å². The number of nitrogens with one attached hydrogen (secondary N) is 2. The molecular formula is C13H15N5O3. The molecule has 8 nitrogen and oxygen atoms in total. The third-order valence-electron chi connectivity index (χ3n) is 2.85. The Balaban J connectivity index is 1.98. The number of rotatable bonds is 5. The van der Waals surface area contributed by atoms with Crippen LogP contribution in [-0.4, -0.2) is 31.9 Å². The van der Waals surface area contributed by atoms with Crippen molar-refractivity contribution in [2.45, 2.75) is 20.0 Å². The number of nitrogens with zero attached hydrogens (tertiary/aromatic N) is 3. The number of anilines is 1. The summed E-state index contributed by atoms with van der Waals surface area (Å²) in [6.07, 6.45) is 1.58. The summed E-state index contributed by atoms with van der Waals surface area (Å²) in [6, 6.07) is 5.68. The number of carboxylic acid groups (broad SMARTS) is 1. The molecule has 1 heterocycles. The first-order valence-corrected chi connectivity index (χ1v) is 6.35. The molecule has 0 radical (unpaired) electrons. The second-order valence-corrected chi connectivity index (χ2v) is 4.19. The average Bonchev–Trinajstić information content (AvgIpc) is 2.93. The Kier molecular flexibility index (Phi) is 4.50. The number of amides is 2. The number of hydrogen-bond donors (Lipinski definition) is 3. The van der Waals surface area contributed by atoms with Crippen molar-refractivity contribution in [1.29, 1.82) is 0 Å². The maximum absolute atomic E-state index is 11.8. The summed E-state index contributed by atoms with van der Waals surface area (Å²) >= 11 is 0. The summed E-state index contributed by atoms with van der Waals surface area (Å²) in [5.74, 6) is -0.476. The van der Waals surface area contributed by atoms with E-state index in [1.807, 2.05) is 6.92 Å². The molecule has 0 saturated carbocycles. The lowest BCUT2D eigenvalue weighted by Gasteiger charge is -2.09. The van der Waals surface area contributed by atoms with Crippen LogP contribution in [0, 0.1) is 0 Å². The van der Waals surface area contributed by atoms with Gasteiger partial charge in [-0.15, -0.1) is 10.2 Å². The molecule has 8 heteroatoms. The third kappa shape index (κ3) is 3.56. The smallest absolute Gasteiger partial charge is 0.337 e. The van der Waals surface area contributed by atoms with Gasteiger partial charge in [-0.1, -0.05) is 12.1 Å². The average molecular weight is 289 g/mol. The van der Waals surface area contributed by atoms with Gasteiger partial charge in [-0.2, -0.15) is 0 Å². The van der Waals surface area contributed by atoms with Gasteiger partial charge in [0.05, 0.1) is 17.8 Å². The molecule has 1 aromatic carbocycles. The van der Waals surface area contributed by atoms with Crippen LogP contribution >= 0.6 is 0 Å². The zero-order valence-electron chi connectivity index (χ0n) is 11.4. The molecule has 0 aliphatic heterocycles. The van der Waals surface area contributed by atoms with Crippen molar-refractivity contribution in [2.24, 2.45) is 0 Å². The first kappa shape index (κ1) is 14.5. The molecule has 2 aromatic rings. The normalized spacial score (nSPS) is 10.1. The van der Waals surface area contributed by atoms with Crippen molar-refractivity contribution in [3.63, 3.8) is 0 Å². The molecule has 0 bridgehead atoms. The van der Waals surface area contributed by atoms with Crippen molar-refractivity contribution in [3.8, 4) is 0 Å². The van der Waals surface area contributed by atoms with E-state index in [4.69, 9.17) is 5.11 Å². The van der Waals surface area contributed by atoms with E-state index in [9.17, 15) is 9.59 Å². The highest BCUT2D eigenvalue weighted by atomic mass is 16.4. The molecular weight excluding hydrogens is 274 g/mol. The predicted octanol–water partition coefficient (Wildman–Crippen LogP) is 1.32. The van der Waals surface area contributed by atoms with Crippen LogP contribution in [0.15, 0.2) is 30.6 Å². The Morgan fingerprint density at radius 2 is 2.10 bits per heavy atom. The van der Waals surface area contributed by atoms with Crippen LogP contribution in [0.3, 0.4) is 0 Å². The quantitative estimate of drug-likeness (QED) is 0.769. The highest BCUT2D eigenvalue weighted by Crippen LogP contribution is 2.14. The fraction of sp³-hybridized carbons (Fsp3) is 0.231. The van der Waals surface area contributed by atoms with Crippen molar-refractivity contribution < 1.29 is 14.7 Å². The van der Waals surface area contributed by atoms with E-state index in [1.165, 1.54) is 12.1 Å². The lowest BCUT2D eigenvalue weighted by atomic mass is 10.2. The lowest BCUT2D eigenvalue weighted by molar-refractivity contribution is 0.0698. The van der Waals surface area contributed by atoms with Crippen LogP contribution in [-0.2, 0) is 13.1 Å². The van der Waals surface area contributed by atoms with E-state index in [1.54, 1.807) is 23.0 Å². The van der Waals surface area contributed by atoms with E-state index < -0.39 is 12.0 Å². The highest BCUT2D eigenvalue weighted by Gasteiger charge is 2.12. The lowest BCUT2D eigenvalue weighted by Crippen LogP contribution is -2.30. The van der Waals surface area contributed by atoms with Gasteiger partial charge in [0.25, 0.3) is 0 Å². The van der Waals surface area contributed by atoms with Crippen molar-refractivity contribution in [2.75, 3.05) is 5.32 Å². The van der Waals surface area contributed by atoms with Crippen LogP contribution in [0.1, 0.15) is 23.1 Å². The van der Waals surface area contributed by atoms with Gasteiger partial charge in [-0.25, -0.2) is 9.59 Å². The molecule has 21 heavy (non-hydrogen) atoms. The van der Waals surface area contributed by atoms with Gasteiger partial charge in [-0.05, 0) is 19.1 Å². The number of carbonyl (C=O) groups excluding carboxylic acids is 1. The maximum atomic E-state index is 11.8. The van der Waals surface area contributed by atoms with Crippen LogP contribution in [0.25, 0.3) is 0 Å². The van der Waals surface area contributed by atoms with E-state index in [0.29, 0.717) is 12.4 Å². The molecule has 0 spiro atoms. The first-order chi connectivity index (χ1) is 10.1. The summed E-state index contributed by atoms with van der Waals surface area (Å²) in [5, 5.41) is 21.8. The minimum absolute atomic E-state index is 0.0318. The van der Waals surface area contributed by atoms with Crippen LogP contribution in [0.5, 0.6) is 0 Å². The largest absolute Gasteiger partial charge is 0.478 e. The van der Waals surface area contributed by atoms with Crippen LogP contribution < -0.4 is 10.6 Å². The molecule has 0 aliphatic carbocycles. The van der Waals surface area contributed by atoms with Crippen molar-refractivity contribution in [3.05, 3.63) is 42.0 Å². The summed E-state index contributed by atoms with van der Waals surface area (Å²) < 4.78 is 1.80. The predicted molar refractivity (Wildman–Crippen MR) is 75.0 cm³/mol. The van der Waals surface area contributed by atoms with Gasteiger partial charge in [0.1, 0.15) is 6.33 Å². The van der Waals surface area contributed by atoms with E-state index in [-0.39, 0.29) is 17.8 Å². The standard InChI is InChI=1S/C13H15N5O3/c1-2-18-8-15-17-11(18)7-14-13(21)16-10-6-4-3-5-9(10)12(19)20/h3-6,8H,2,7H2,1H3,(H,19,20)(H2,14,16,21). The fourth-order valence-electron chi connectivity index (χ4n) is 1.78. The molecule has 1 aromatic heterocycles. The summed E-state index contributed by atoms with van der Waals surface area (Å²) in [7, 11) is 0. The number of para-hydroxylation sites is 1. The van der Waals surface area contributed by atoms with Crippen molar-refractivity contribution >= 4 is 17.7 Å². The van der Waals surface area contributed by atoms with E-state index in [2.05, 4.69) is 20.8 Å². The Bertz CT molecular complexity index is 653. The Morgan fingerprint density at radius 3 is 2.81 bits per heavy atom. The summed E-state index contributed by atoms with van der Waals surface area (Å²) in [6.45, 7) is 2.85. The van der Waals surface area contributed by atoms with Gasteiger partial charge < -0.3 is 20.3 Å². The monoisotopic (exact) mass is 289 g/mol. The minimum atomic E-state index is -1.10. The molecule has 0 unspecified atom stereocenters. The zero-order chi connectivity index (χ0) is 15.2. The SMILES string of the molecule is CCn1cnnc1CNC(=O)Nc1ccccc1C(=O)O. The molecule has 2 rings (SSSR count). The molecule has 110 valence electrons. The summed E-state index contributed by atoms with van der Waals surface area (Å²) in [4.78, 5) is 22.8. The molecule has 0 fully saturated rings. The number of urea groups is 1. The van der Waals surface area contributed by atoms with Gasteiger partial charge in [0.2, 0.25) is 0 Å². The second kappa shape index (κ2) is 6.51. The van der Waals surface area contributed by atoms with E-state index >= 15 is 0 Å². The van der Waals surface area contributed by atoms with Gasteiger partial charge in [-0.3, -0.25) is 0 Å². The highest BCUT2D eigenvalue weighted by molar-refractivity contribution is 5.99. The van der Waals surface area contributed by atoms with Crippen LogP contribution in [0.4, 0.5) is 10.5 Å². The summed E-state index contributed by atoms with van der Waals surface area (Å²) in [5.41, 5.74) is 0.267. The number of aryl methyl sites for hydroxylation is 1. The van der Waals surface area contributed by atoms with Crippen LogP contribution in [0.2, 0.25) is 0 Å². The third-order valence-corrected chi connectivity index (χ3v) is 2.85. The molecule has 0 atom stereocenters.